The highest BCUT2D eigenvalue weighted by molar-refractivity contribution is 7.93. The first-order valence-corrected chi connectivity index (χ1v) is 12.1. The minimum atomic E-state index is -4.03. The first-order chi connectivity index (χ1) is 17.4. The normalized spacial score (nSPS) is 14.5. The summed E-state index contributed by atoms with van der Waals surface area (Å²) in [6.07, 6.45) is -0.684. The Bertz CT molecular complexity index is 1700. The van der Waals surface area contributed by atoms with Gasteiger partial charge in [-0.05, 0) is 49.2 Å². The molecule has 0 amide bonds. The number of aromatic amines is 1. The molecule has 0 saturated carbocycles. The lowest BCUT2D eigenvalue weighted by Gasteiger charge is -2.11. The molecule has 0 aliphatic carbocycles. The number of thiophene rings is 1. The number of hydrogen-bond acceptors (Lipinski definition) is 4. The second-order valence-electron chi connectivity index (χ2n) is 7.23. The Balaban J connectivity index is 1.62. The van der Waals surface area contributed by atoms with Crippen LogP contribution in [0.1, 0.15) is 28.4 Å². The van der Waals surface area contributed by atoms with Gasteiger partial charge in [-0.2, -0.15) is 0 Å². The Labute approximate surface area is 197 Å². The molecule has 0 radical (unpaired) electrons. The predicted octanol–water partition coefficient (Wildman–Crippen LogP) is 4.65. The Morgan fingerprint density at radius 3 is 2.66 bits per heavy atom. The average Bonchev–Trinajstić information content (AvgIpc) is 3.46. The molecule has 0 spiro atoms. The molecule has 1 atom stereocenters. The van der Waals surface area contributed by atoms with E-state index in [9.17, 15) is 18.3 Å². The van der Waals surface area contributed by atoms with E-state index >= 15 is 0 Å². The molecule has 7 heteroatoms. The van der Waals surface area contributed by atoms with Gasteiger partial charge in [0.05, 0.1) is 23.4 Å². The van der Waals surface area contributed by atoms with Gasteiger partial charge in [-0.1, -0.05) is 47.7 Å². The van der Waals surface area contributed by atoms with Crippen LogP contribution in [-0.4, -0.2) is 30.2 Å². The van der Waals surface area contributed by atoms with E-state index in [0.29, 0.717) is 4.88 Å². The van der Waals surface area contributed by atoms with E-state index < -0.39 is 52.0 Å². The maximum atomic E-state index is 13.1. The molecule has 0 bridgehead atoms. The lowest BCUT2D eigenvalue weighted by Crippen LogP contribution is -2.25. The Hall–Kier alpha value is -3.34. The molecule has 2 aromatic carbocycles. The molecule has 0 aliphatic rings. The van der Waals surface area contributed by atoms with Crippen LogP contribution in [0, 0.1) is 24.7 Å². The van der Waals surface area contributed by atoms with Crippen molar-refractivity contribution in [3.8, 4) is 11.8 Å². The van der Waals surface area contributed by atoms with Gasteiger partial charge in [0.15, 0.2) is 9.84 Å². The van der Waals surface area contributed by atoms with Crippen molar-refractivity contribution in [2.45, 2.75) is 17.6 Å². The van der Waals surface area contributed by atoms with Crippen molar-refractivity contribution in [1.29, 1.82) is 0 Å². The van der Waals surface area contributed by atoms with Crippen molar-refractivity contribution in [2.24, 2.45) is 5.92 Å². The summed E-state index contributed by atoms with van der Waals surface area (Å²) in [4.78, 5) is 15.1. The number of fused-ring (bicyclic) bond motifs is 1. The van der Waals surface area contributed by atoms with Crippen LogP contribution >= 0.6 is 11.3 Å². The minimum absolute atomic E-state index is 0.00978. The molecule has 0 aliphatic heterocycles. The molecule has 0 saturated heterocycles. The summed E-state index contributed by atoms with van der Waals surface area (Å²) in [6, 6.07) is 8.70. The molecule has 2 N–H and O–H groups in total. The molecule has 162 valence electrons. The van der Waals surface area contributed by atoms with Crippen molar-refractivity contribution >= 4 is 38.0 Å². The van der Waals surface area contributed by atoms with Gasteiger partial charge in [0, 0.05) is 22.6 Å². The lowest BCUT2D eigenvalue weighted by molar-refractivity contribution is -0.140. The minimum Gasteiger partial charge on any atom is -0.481 e. The number of aryl methyl sites for hydroxylation is 1. The highest BCUT2D eigenvalue weighted by Gasteiger charge is 2.28. The van der Waals surface area contributed by atoms with Crippen molar-refractivity contribution < 1.29 is 25.2 Å². The SMILES string of the molecule is [2H]c1[nH]c2c([2H])c([2H])c([2H])c([2H])c2c1C[C@H](CS(=O)(=O)c1ccc(C#Cc2ccc(C)cc2)s1)C(=O)O. The highest BCUT2D eigenvalue weighted by Crippen LogP contribution is 2.26. The summed E-state index contributed by atoms with van der Waals surface area (Å²) in [7, 11) is -4.03. The molecular weight excluding hydrogens is 442 g/mol. The second-order valence-corrected chi connectivity index (χ2v) is 10.6. The van der Waals surface area contributed by atoms with Gasteiger partial charge in [0.2, 0.25) is 0 Å². The summed E-state index contributed by atoms with van der Waals surface area (Å²) < 4.78 is 66.3. The topological polar surface area (TPSA) is 87.2 Å². The van der Waals surface area contributed by atoms with Crippen LogP contribution in [0.15, 0.2) is 70.9 Å². The second kappa shape index (κ2) is 9.03. The zero-order valence-corrected chi connectivity index (χ0v) is 18.6. The fourth-order valence-electron chi connectivity index (χ4n) is 3.12. The van der Waals surface area contributed by atoms with Crippen LogP contribution in [0.2, 0.25) is 0 Å². The van der Waals surface area contributed by atoms with Gasteiger partial charge in [0.25, 0.3) is 0 Å². The zero-order chi connectivity index (χ0) is 27.1. The van der Waals surface area contributed by atoms with E-state index in [-0.39, 0.29) is 32.9 Å². The molecule has 5 nitrogen and oxygen atoms in total. The highest BCUT2D eigenvalue weighted by atomic mass is 32.2. The largest absolute Gasteiger partial charge is 0.481 e. The lowest BCUT2D eigenvalue weighted by atomic mass is 10.0. The van der Waals surface area contributed by atoms with Crippen LogP contribution in [0.5, 0.6) is 0 Å². The molecule has 2 heterocycles. The van der Waals surface area contributed by atoms with Gasteiger partial charge < -0.3 is 10.1 Å². The van der Waals surface area contributed by atoms with Crippen LogP contribution < -0.4 is 0 Å². The zero-order valence-electron chi connectivity index (χ0n) is 21.9. The Morgan fingerprint density at radius 2 is 1.91 bits per heavy atom. The number of sulfone groups is 1. The smallest absolute Gasteiger partial charge is 0.307 e. The molecule has 4 rings (SSSR count). The van der Waals surface area contributed by atoms with Gasteiger partial charge in [-0.25, -0.2) is 8.42 Å². The number of hydrogen-bond donors (Lipinski definition) is 2. The van der Waals surface area contributed by atoms with Gasteiger partial charge in [-0.15, -0.1) is 11.3 Å². The molecular formula is C25H21NO4S2. The van der Waals surface area contributed by atoms with Crippen LogP contribution in [-0.2, 0) is 21.1 Å². The van der Waals surface area contributed by atoms with E-state index in [4.69, 9.17) is 6.85 Å². The van der Waals surface area contributed by atoms with Crippen LogP contribution in [0.3, 0.4) is 0 Å². The number of carboxylic acid groups (broad SMARTS) is 1. The Morgan fingerprint density at radius 1 is 1.16 bits per heavy atom. The summed E-state index contributed by atoms with van der Waals surface area (Å²) in [5.41, 5.74) is 1.87. The van der Waals surface area contributed by atoms with Crippen LogP contribution in [0.25, 0.3) is 10.9 Å². The third kappa shape index (κ3) is 4.93. The number of aromatic nitrogens is 1. The third-order valence-corrected chi connectivity index (χ3v) is 8.21. The maximum absolute atomic E-state index is 13.1. The quantitative estimate of drug-likeness (QED) is 0.403. The number of H-pyrrole nitrogens is 1. The van der Waals surface area contributed by atoms with Crippen LogP contribution in [0.4, 0.5) is 0 Å². The average molecular weight is 469 g/mol. The summed E-state index contributed by atoms with van der Waals surface area (Å²) in [5, 5.41) is 9.79. The predicted molar refractivity (Wildman–Crippen MR) is 127 cm³/mol. The van der Waals surface area contributed by atoms with Crippen molar-refractivity contribution in [2.75, 3.05) is 5.75 Å². The number of nitrogens with one attached hydrogen (secondary N) is 1. The number of carboxylic acids is 1. The van der Waals surface area contributed by atoms with E-state index in [0.717, 1.165) is 22.5 Å². The van der Waals surface area contributed by atoms with E-state index in [1.807, 2.05) is 31.2 Å². The van der Waals surface area contributed by atoms with Crippen molar-refractivity contribution in [1.82, 2.24) is 4.98 Å². The standard InChI is InChI=1S/C25H21NO4S2/c1-17-6-8-18(9-7-17)10-11-21-12-13-24(31-21)32(29,30)16-20(25(27)28)14-19-15-26-23-5-3-2-4-22(19)23/h2-9,12-13,15,20,26H,14,16H2,1H3,(H,27,28)/t20-/m1/s1/i2D,3D,4D,5D,15D. The number of rotatable bonds is 6. The monoisotopic (exact) mass is 468 g/mol. The Kier molecular flexibility index (Phi) is 4.60. The van der Waals surface area contributed by atoms with Crippen molar-refractivity contribution in [3.05, 3.63) is 88.3 Å². The molecule has 0 unspecified atom stereocenters. The molecule has 0 fully saturated rings. The maximum Gasteiger partial charge on any atom is 0.307 e. The van der Waals surface area contributed by atoms with E-state index in [1.54, 1.807) is 6.07 Å². The number of benzene rings is 2. The summed E-state index contributed by atoms with van der Waals surface area (Å²) in [5.74, 6) is 2.30. The molecule has 32 heavy (non-hydrogen) atoms. The first kappa shape index (κ1) is 16.3. The fraction of sp³-hybridized carbons (Fsp3) is 0.160. The third-order valence-electron chi connectivity index (χ3n) is 4.82. The van der Waals surface area contributed by atoms with Gasteiger partial charge in [-0.3, -0.25) is 4.79 Å². The number of para-hydroxylation sites is 1. The van der Waals surface area contributed by atoms with E-state index in [2.05, 4.69) is 16.8 Å². The molecule has 2 aromatic heterocycles. The number of aliphatic carboxylic acids is 1. The summed E-state index contributed by atoms with van der Waals surface area (Å²) in [6.45, 7) is 1.96. The van der Waals surface area contributed by atoms with Gasteiger partial charge >= 0.3 is 5.97 Å². The van der Waals surface area contributed by atoms with E-state index in [1.165, 1.54) is 6.07 Å². The van der Waals surface area contributed by atoms with Gasteiger partial charge in [0.1, 0.15) is 4.21 Å². The summed E-state index contributed by atoms with van der Waals surface area (Å²) >= 11 is 0.939. The number of carbonyl (C=O) groups is 1. The van der Waals surface area contributed by atoms with Crippen molar-refractivity contribution in [3.63, 3.8) is 0 Å². The first-order valence-electron chi connectivity index (χ1n) is 12.1. The molecule has 4 aromatic rings. The fourth-order valence-corrected chi connectivity index (χ4v) is 5.92.